The minimum absolute atomic E-state index is 0.00319. The molecule has 3 rings (SSSR count). The zero-order valence-corrected chi connectivity index (χ0v) is 17.9. The second-order valence-electron chi connectivity index (χ2n) is 7.87. The second kappa shape index (κ2) is 10.7. The van der Waals surface area contributed by atoms with Crippen molar-refractivity contribution in [2.75, 3.05) is 39.1 Å². The molecule has 2 aromatic rings. The Labute approximate surface area is 177 Å². The maximum absolute atomic E-state index is 12.2. The molecule has 1 aliphatic heterocycles. The Kier molecular flexibility index (Phi) is 7.98. The fraction of sp³-hybridized carbons (Fsp3) is 0.545. The predicted octanol–water partition coefficient (Wildman–Crippen LogP) is 1.60. The van der Waals surface area contributed by atoms with Crippen molar-refractivity contribution in [3.63, 3.8) is 0 Å². The summed E-state index contributed by atoms with van der Waals surface area (Å²) in [6, 6.07) is 9.76. The van der Waals surface area contributed by atoms with Crippen LogP contribution in [0.2, 0.25) is 0 Å². The first kappa shape index (κ1) is 22.4. The quantitative estimate of drug-likeness (QED) is 0.534. The van der Waals surface area contributed by atoms with Crippen molar-refractivity contribution >= 4 is 22.5 Å². The summed E-state index contributed by atoms with van der Waals surface area (Å²) in [5.74, 6) is -0.0862. The Hall–Kier alpha value is -2.26. The number of aliphatic hydroxyl groups excluding tert-OH is 1. The van der Waals surface area contributed by atoms with E-state index in [-0.39, 0.29) is 24.6 Å². The molecule has 30 heavy (non-hydrogen) atoms. The van der Waals surface area contributed by atoms with E-state index < -0.39 is 12.4 Å². The van der Waals surface area contributed by atoms with Crippen molar-refractivity contribution in [2.45, 2.75) is 44.3 Å². The number of para-hydroxylation sites is 1. The molecule has 3 N–H and O–H groups in total. The lowest BCUT2D eigenvalue weighted by Crippen LogP contribution is -2.54. The molecule has 0 bridgehead atoms. The Morgan fingerprint density at radius 2 is 2.13 bits per heavy atom. The summed E-state index contributed by atoms with van der Waals surface area (Å²) < 4.78 is 11.4. The van der Waals surface area contributed by atoms with Crippen LogP contribution in [-0.2, 0) is 14.3 Å². The summed E-state index contributed by atoms with van der Waals surface area (Å²) in [5, 5.41) is 17.2. The smallest absolute Gasteiger partial charge is 0.239 e. The van der Waals surface area contributed by atoms with Gasteiger partial charge in [0.2, 0.25) is 5.91 Å². The van der Waals surface area contributed by atoms with E-state index in [9.17, 15) is 9.90 Å². The molecule has 1 unspecified atom stereocenters. The van der Waals surface area contributed by atoms with E-state index in [0.717, 1.165) is 23.0 Å². The number of ether oxygens (including phenoxy) is 2. The van der Waals surface area contributed by atoms with Gasteiger partial charge in [-0.05, 0) is 46.0 Å². The number of rotatable bonds is 9. The molecule has 164 valence electrons. The third-order valence-corrected chi connectivity index (χ3v) is 5.31. The van der Waals surface area contributed by atoms with Crippen molar-refractivity contribution in [1.82, 2.24) is 15.2 Å². The van der Waals surface area contributed by atoms with Gasteiger partial charge in [0.05, 0.1) is 18.2 Å². The lowest BCUT2D eigenvalue weighted by Gasteiger charge is -2.41. The molecule has 2 heterocycles. The highest BCUT2D eigenvalue weighted by atomic mass is 16.6. The van der Waals surface area contributed by atoms with Gasteiger partial charge in [0.25, 0.3) is 0 Å². The van der Waals surface area contributed by atoms with Crippen LogP contribution in [0.4, 0.5) is 5.69 Å². The molecule has 8 heteroatoms. The molecule has 0 aliphatic carbocycles. The number of nitrogens with zero attached hydrogens (tertiary/aromatic N) is 2. The number of benzene rings is 1. The van der Waals surface area contributed by atoms with Gasteiger partial charge in [-0.2, -0.15) is 0 Å². The molecule has 1 saturated heterocycles. The van der Waals surface area contributed by atoms with Crippen molar-refractivity contribution < 1.29 is 19.4 Å². The molecule has 1 fully saturated rings. The van der Waals surface area contributed by atoms with Gasteiger partial charge in [-0.3, -0.25) is 9.78 Å². The number of anilines is 1. The number of amides is 1. The molecule has 1 aromatic heterocycles. The summed E-state index contributed by atoms with van der Waals surface area (Å²) in [4.78, 5) is 18.5. The molecule has 0 saturated carbocycles. The number of hydrogen-bond donors (Lipinski definition) is 3. The minimum atomic E-state index is -0.935. The molecule has 1 aromatic carbocycles. The van der Waals surface area contributed by atoms with E-state index in [1.165, 1.54) is 0 Å². The standard InChI is InChI=1S/C22H32N4O4/c1-15-13-19(26(2)3)21(22(28)30-15)29-12-6-10-24-20(27)14-25-18-9-11-23-17-8-5-4-7-16(17)18/h4-5,7-9,11,15,19,21-22,28H,6,10,12-14H2,1-3H3,(H,23,25)(H,24,27)/t15?,19-,21+,22+/m0/s1. The first-order valence-corrected chi connectivity index (χ1v) is 10.4. The van der Waals surface area contributed by atoms with Gasteiger partial charge in [0.1, 0.15) is 6.10 Å². The lowest BCUT2D eigenvalue weighted by molar-refractivity contribution is -0.243. The van der Waals surface area contributed by atoms with Crippen LogP contribution in [0, 0.1) is 0 Å². The van der Waals surface area contributed by atoms with Crippen molar-refractivity contribution in [1.29, 1.82) is 0 Å². The maximum Gasteiger partial charge on any atom is 0.239 e. The first-order chi connectivity index (χ1) is 14.5. The number of likely N-dealkylation sites (N-methyl/N-ethyl adjacent to an activating group) is 1. The van der Waals surface area contributed by atoms with Gasteiger partial charge in [0, 0.05) is 36.5 Å². The van der Waals surface area contributed by atoms with E-state index in [4.69, 9.17) is 9.47 Å². The Balaban J connectivity index is 1.37. The number of carbonyl (C=O) groups is 1. The third kappa shape index (κ3) is 5.89. The van der Waals surface area contributed by atoms with Gasteiger partial charge < -0.3 is 30.1 Å². The number of nitrogens with one attached hydrogen (secondary N) is 2. The largest absolute Gasteiger partial charge is 0.376 e. The highest BCUT2D eigenvalue weighted by Gasteiger charge is 2.38. The highest BCUT2D eigenvalue weighted by Crippen LogP contribution is 2.24. The van der Waals surface area contributed by atoms with Crippen LogP contribution < -0.4 is 10.6 Å². The minimum Gasteiger partial charge on any atom is -0.376 e. The molecule has 8 nitrogen and oxygen atoms in total. The summed E-state index contributed by atoms with van der Waals surface area (Å²) in [5.41, 5.74) is 1.77. The molecule has 4 atom stereocenters. The van der Waals surface area contributed by atoms with Crippen LogP contribution >= 0.6 is 0 Å². The average Bonchev–Trinajstić information content (AvgIpc) is 2.72. The number of carbonyl (C=O) groups excluding carboxylic acids is 1. The van der Waals surface area contributed by atoms with E-state index in [1.54, 1.807) is 6.20 Å². The number of pyridine rings is 1. The molecule has 1 aliphatic rings. The molecule has 1 amide bonds. The van der Waals surface area contributed by atoms with Crippen LogP contribution in [0.15, 0.2) is 36.5 Å². The zero-order valence-electron chi connectivity index (χ0n) is 17.9. The predicted molar refractivity (Wildman–Crippen MR) is 116 cm³/mol. The van der Waals surface area contributed by atoms with Crippen molar-refractivity contribution in [3.8, 4) is 0 Å². The van der Waals surface area contributed by atoms with E-state index in [1.807, 2.05) is 51.4 Å². The average molecular weight is 417 g/mol. The zero-order chi connectivity index (χ0) is 21.5. The lowest BCUT2D eigenvalue weighted by atomic mass is 9.99. The second-order valence-corrected chi connectivity index (χ2v) is 7.87. The summed E-state index contributed by atoms with van der Waals surface area (Å²) >= 11 is 0. The summed E-state index contributed by atoms with van der Waals surface area (Å²) in [6.45, 7) is 3.08. The Morgan fingerprint density at radius 3 is 2.93 bits per heavy atom. The maximum atomic E-state index is 12.2. The molecule has 0 spiro atoms. The summed E-state index contributed by atoms with van der Waals surface area (Å²) in [6.07, 6.45) is 1.86. The molecular formula is C22H32N4O4. The van der Waals surface area contributed by atoms with Gasteiger partial charge in [-0.25, -0.2) is 0 Å². The van der Waals surface area contributed by atoms with Crippen LogP contribution in [-0.4, -0.2) is 79.2 Å². The van der Waals surface area contributed by atoms with E-state index in [0.29, 0.717) is 19.6 Å². The van der Waals surface area contributed by atoms with Crippen LogP contribution in [0.1, 0.15) is 19.8 Å². The van der Waals surface area contributed by atoms with Crippen LogP contribution in [0.3, 0.4) is 0 Å². The van der Waals surface area contributed by atoms with E-state index in [2.05, 4.69) is 20.5 Å². The van der Waals surface area contributed by atoms with E-state index >= 15 is 0 Å². The highest BCUT2D eigenvalue weighted by molar-refractivity contribution is 5.92. The topological polar surface area (TPSA) is 96.0 Å². The van der Waals surface area contributed by atoms with Gasteiger partial charge in [-0.1, -0.05) is 18.2 Å². The fourth-order valence-electron chi connectivity index (χ4n) is 3.74. The summed E-state index contributed by atoms with van der Waals surface area (Å²) in [7, 11) is 3.95. The number of fused-ring (bicyclic) bond motifs is 1. The van der Waals surface area contributed by atoms with Gasteiger partial charge in [0.15, 0.2) is 6.29 Å². The molecular weight excluding hydrogens is 384 g/mol. The van der Waals surface area contributed by atoms with Crippen molar-refractivity contribution in [2.24, 2.45) is 0 Å². The van der Waals surface area contributed by atoms with Gasteiger partial charge >= 0.3 is 0 Å². The number of aromatic nitrogens is 1. The Bertz CT molecular complexity index is 826. The van der Waals surface area contributed by atoms with Crippen LogP contribution in [0.25, 0.3) is 10.9 Å². The third-order valence-electron chi connectivity index (χ3n) is 5.31. The monoisotopic (exact) mass is 416 g/mol. The SMILES string of the molecule is CC1C[C@H](N(C)C)[C@@H](OCCCNC(=O)CNc2ccnc3ccccc23)[C@H](O)O1. The fourth-order valence-corrected chi connectivity index (χ4v) is 3.74. The number of hydrogen-bond acceptors (Lipinski definition) is 7. The van der Waals surface area contributed by atoms with Crippen LogP contribution in [0.5, 0.6) is 0 Å². The normalized spacial score (nSPS) is 24.2. The van der Waals surface area contributed by atoms with Crippen molar-refractivity contribution in [3.05, 3.63) is 36.5 Å². The van der Waals surface area contributed by atoms with Gasteiger partial charge in [-0.15, -0.1) is 0 Å². The molecule has 0 radical (unpaired) electrons. The Morgan fingerprint density at radius 1 is 1.33 bits per heavy atom. The first-order valence-electron chi connectivity index (χ1n) is 10.4. The number of aliphatic hydroxyl groups is 1.